The molecule has 7 heteroatoms. The minimum atomic E-state index is -0.493. The van der Waals surface area contributed by atoms with Gasteiger partial charge < -0.3 is 10.2 Å². The Morgan fingerprint density at radius 1 is 1.27 bits per heavy atom. The van der Waals surface area contributed by atoms with Crippen molar-refractivity contribution in [1.29, 1.82) is 0 Å². The first kappa shape index (κ1) is 19.3. The van der Waals surface area contributed by atoms with E-state index in [1.165, 1.54) is 0 Å². The summed E-state index contributed by atoms with van der Waals surface area (Å²) in [5, 5.41) is 5.20. The number of carbonyl (C=O) groups excluding carboxylic acids is 2. The lowest BCUT2D eigenvalue weighted by molar-refractivity contribution is -0.124. The van der Waals surface area contributed by atoms with Gasteiger partial charge in [-0.2, -0.15) is 0 Å². The fraction of sp³-hybridized carbons (Fsp3) is 0.368. The molecule has 138 valence electrons. The van der Waals surface area contributed by atoms with Gasteiger partial charge in [0.15, 0.2) is 0 Å². The number of halogens is 1. The second-order valence-electron chi connectivity index (χ2n) is 6.05. The van der Waals surface area contributed by atoms with Crippen molar-refractivity contribution in [3.8, 4) is 0 Å². The minimum Gasteiger partial charge on any atom is -0.354 e. The molecule has 0 spiro atoms. The van der Waals surface area contributed by atoms with Crippen LogP contribution in [-0.4, -0.2) is 35.1 Å². The van der Waals surface area contributed by atoms with Crippen LogP contribution < -0.4 is 5.32 Å². The third kappa shape index (κ3) is 4.08. The van der Waals surface area contributed by atoms with Gasteiger partial charge in [-0.15, -0.1) is 23.1 Å². The average molecular weight is 409 g/mol. The Morgan fingerprint density at radius 2 is 2.08 bits per heavy atom. The molecule has 4 nitrogen and oxygen atoms in total. The highest BCUT2D eigenvalue weighted by Gasteiger charge is 2.43. The van der Waals surface area contributed by atoms with Gasteiger partial charge in [-0.05, 0) is 30.0 Å². The molecule has 0 radical (unpaired) electrons. The zero-order valence-electron chi connectivity index (χ0n) is 14.5. The molecule has 1 aliphatic rings. The molecule has 1 aliphatic heterocycles. The molecule has 1 aromatic heterocycles. The predicted octanol–water partition coefficient (Wildman–Crippen LogP) is 4.57. The van der Waals surface area contributed by atoms with Crippen molar-refractivity contribution in [2.24, 2.45) is 0 Å². The molecule has 2 aromatic rings. The summed E-state index contributed by atoms with van der Waals surface area (Å²) in [6.45, 7) is 2.71. The van der Waals surface area contributed by atoms with E-state index in [0.717, 1.165) is 17.7 Å². The summed E-state index contributed by atoms with van der Waals surface area (Å²) in [5.41, 5.74) is 0.435. The Balaban J connectivity index is 1.88. The van der Waals surface area contributed by atoms with Crippen molar-refractivity contribution in [3.63, 3.8) is 0 Å². The fourth-order valence-electron chi connectivity index (χ4n) is 2.89. The number of hydrogen-bond donors (Lipinski definition) is 1. The molecule has 2 heterocycles. The SMILES string of the molecule is CCCCNC(=O)[C@@H]1CS[C@H](c2cccs2)N1C(=O)c1ccccc1Cl. The van der Waals surface area contributed by atoms with Crippen molar-refractivity contribution in [3.05, 3.63) is 57.2 Å². The van der Waals surface area contributed by atoms with Crippen molar-refractivity contribution in [2.45, 2.75) is 31.2 Å². The van der Waals surface area contributed by atoms with Gasteiger partial charge in [-0.1, -0.05) is 43.1 Å². The number of nitrogens with one attached hydrogen (secondary N) is 1. The Labute approximate surface area is 166 Å². The highest BCUT2D eigenvalue weighted by molar-refractivity contribution is 7.99. The molecule has 2 atom stereocenters. The van der Waals surface area contributed by atoms with Crippen LogP contribution >= 0.6 is 34.7 Å². The summed E-state index contributed by atoms with van der Waals surface area (Å²) < 4.78 is 0. The zero-order chi connectivity index (χ0) is 18.5. The van der Waals surface area contributed by atoms with Crippen LogP contribution in [0.2, 0.25) is 5.02 Å². The van der Waals surface area contributed by atoms with Gasteiger partial charge in [0.25, 0.3) is 5.91 Å². The first-order valence-electron chi connectivity index (χ1n) is 8.63. The summed E-state index contributed by atoms with van der Waals surface area (Å²) >= 11 is 9.47. The van der Waals surface area contributed by atoms with Crippen LogP contribution in [0.4, 0.5) is 0 Å². The molecule has 26 heavy (non-hydrogen) atoms. The van der Waals surface area contributed by atoms with Gasteiger partial charge in [0, 0.05) is 17.2 Å². The van der Waals surface area contributed by atoms with Gasteiger partial charge in [0.2, 0.25) is 5.91 Å². The number of carbonyl (C=O) groups is 2. The summed E-state index contributed by atoms with van der Waals surface area (Å²) in [6.07, 6.45) is 1.94. The van der Waals surface area contributed by atoms with E-state index >= 15 is 0 Å². The van der Waals surface area contributed by atoms with Gasteiger partial charge in [-0.25, -0.2) is 0 Å². The molecule has 0 saturated carbocycles. The maximum Gasteiger partial charge on any atom is 0.257 e. The van der Waals surface area contributed by atoms with Crippen LogP contribution in [0.25, 0.3) is 0 Å². The smallest absolute Gasteiger partial charge is 0.257 e. The zero-order valence-corrected chi connectivity index (χ0v) is 16.9. The van der Waals surface area contributed by atoms with Crippen LogP contribution in [0.1, 0.15) is 40.4 Å². The van der Waals surface area contributed by atoms with Crippen LogP contribution in [0.5, 0.6) is 0 Å². The monoisotopic (exact) mass is 408 g/mol. The third-order valence-electron chi connectivity index (χ3n) is 4.26. The molecule has 0 unspecified atom stereocenters. The van der Waals surface area contributed by atoms with E-state index < -0.39 is 6.04 Å². The van der Waals surface area contributed by atoms with E-state index in [0.29, 0.717) is 22.9 Å². The van der Waals surface area contributed by atoms with Gasteiger partial charge >= 0.3 is 0 Å². The summed E-state index contributed by atoms with van der Waals surface area (Å²) in [5.74, 6) is 0.288. The topological polar surface area (TPSA) is 49.4 Å². The van der Waals surface area contributed by atoms with Crippen molar-refractivity contribution < 1.29 is 9.59 Å². The standard InChI is InChI=1S/C19H21ClN2O2S2/c1-2-3-10-21-17(23)15-12-26-19(16-9-6-11-25-16)22(15)18(24)13-7-4-5-8-14(13)20/h4-9,11,15,19H,2-3,10,12H2,1H3,(H,21,23)/t15-,19+/m0/s1. The highest BCUT2D eigenvalue weighted by atomic mass is 35.5. The van der Waals surface area contributed by atoms with Crippen molar-refractivity contribution in [2.75, 3.05) is 12.3 Å². The van der Waals surface area contributed by atoms with E-state index in [9.17, 15) is 9.59 Å². The molecule has 1 aromatic carbocycles. The summed E-state index contributed by atoms with van der Waals surface area (Å²) in [6, 6.07) is 10.5. The molecular weight excluding hydrogens is 388 g/mol. The number of unbranched alkanes of at least 4 members (excludes halogenated alkanes) is 1. The number of thioether (sulfide) groups is 1. The van der Waals surface area contributed by atoms with Crippen molar-refractivity contribution >= 4 is 46.5 Å². The van der Waals surface area contributed by atoms with Crippen LogP contribution in [0, 0.1) is 0 Å². The van der Waals surface area contributed by atoms with E-state index in [-0.39, 0.29) is 17.2 Å². The molecule has 1 N–H and O–H groups in total. The second-order valence-corrected chi connectivity index (χ2v) is 8.55. The van der Waals surface area contributed by atoms with Gasteiger partial charge in [-0.3, -0.25) is 9.59 Å². The molecular formula is C19H21ClN2O2S2. The van der Waals surface area contributed by atoms with Crippen LogP contribution in [-0.2, 0) is 4.79 Å². The Hall–Kier alpha value is -1.50. The molecule has 3 rings (SSSR count). The second kappa shape index (κ2) is 8.93. The molecule has 1 fully saturated rings. The first-order valence-corrected chi connectivity index (χ1v) is 10.9. The molecule has 0 bridgehead atoms. The molecule has 0 aliphatic carbocycles. The van der Waals surface area contributed by atoms with E-state index in [4.69, 9.17) is 11.6 Å². The number of thiophene rings is 1. The first-order chi connectivity index (χ1) is 12.6. The highest BCUT2D eigenvalue weighted by Crippen LogP contribution is 2.44. The Kier molecular flexibility index (Phi) is 6.62. The van der Waals surface area contributed by atoms with E-state index in [1.807, 2.05) is 17.5 Å². The third-order valence-corrected chi connectivity index (χ3v) is 6.97. The van der Waals surface area contributed by atoms with E-state index in [1.54, 1.807) is 52.3 Å². The molecule has 1 saturated heterocycles. The average Bonchev–Trinajstić information content (AvgIpc) is 3.31. The number of hydrogen-bond acceptors (Lipinski definition) is 4. The molecule has 2 amide bonds. The largest absolute Gasteiger partial charge is 0.354 e. The van der Waals surface area contributed by atoms with Gasteiger partial charge in [0.05, 0.1) is 10.6 Å². The lowest BCUT2D eigenvalue weighted by Crippen LogP contribution is -2.48. The maximum absolute atomic E-state index is 13.3. The fourth-order valence-corrected chi connectivity index (χ4v) is 5.50. The number of benzene rings is 1. The number of nitrogens with zero attached hydrogens (tertiary/aromatic N) is 1. The Morgan fingerprint density at radius 3 is 2.77 bits per heavy atom. The normalized spacial score (nSPS) is 19.5. The van der Waals surface area contributed by atoms with Crippen LogP contribution in [0.15, 0.2) is 41.8 Å². The van der Waals surface area contributed by atoms with E-state index in [2.05, 4.69) is 12.2 Å². The lowest BCUT2D eigenvalue weighted by atomic mass is 10.1. The van der Waals surface area contributed by atoms with Crippen molar-refractivity contribution in [1.82, 2.24) is 10.2 Å². The van der Waals surface area contributed by atoms with Gasteiger partial charge in [0.1, 0.15) is 11.4 Å². The number of amides is 2. The predicted molar refractivity (Wildman–Crippen MR) is 109 cm³/mol. The summed E-state index contributed by atoms with van der Waals surface area (Å²) in [7, 11) is 0. The lowest BCUT2D eigenvalue weighted by Gasteiger charge is -2.28. The summed E-state index contributed by atoms with van der Waals surface area (Å²) in [4.78, 5) is 28.8. The minimum absolute atomic E-state index is 0.0922. The number of rotatable bonds is 6. The van der Waals surface area contributed by atoms with Crippen LogP contribution in [0.3, 0.4) is 0 Å². The quantitative estimate of drug-likeness (QED) is 0.712. The maximum atomic E-state index is 13.3. The Bertz CT molecular complexity index is 767.